The molecule has 0 amide bonds. The summed E-state index contributed by atoms with van der Waals surface area (Å²) in [5.41, 5.74) is 1.68. The first-order valence-electron chi connectivity index (χ1n) is 13.0. The molecule has 0 radical (unpaired) electrons. The van der Waals surface area contributed by atoms with E-state index in [0.717, 1.165) is 37.2 Å². The smallest absolute Gasteiger partial charge is 0.349 e. The predicted molar refractivity (Wildman–Crippen MR) is 149 cm³/mol. The number of benzene rings is 1. The fraction of sp³-hybridized carbons (Fsp3) is 0.536. The third kappa shape index (κ3) is 5.61. The molecule has 9 heteroatoms. The third-order valence-electron chi connectivity index (χ3n) is 7.49. The Morgan fingerprint density at radius 2 is 1.76 bits per heavy atom. The van der Waals surface area contributed by atoms with Gasteiger partial charge in [0.15, 0.2) is 5.82 Å². The number of piperazine rings is 1. The van der Waals surface area contributed by atoms with Gasteiger partial charge in [0.1, 0.15) is 22.0 Å². The van der Waals surface area contributed by atoms with Gasteiger partial charge in [0.25, 0.3) is 0 Å². The van der Waals surface area contributed by atoms with Crippen LogP contribution in [0.2, 0.25) is 5.15 Å². The third-order valence-corrected chi connectivity index (χ3v) is 7.70. The average molecular weight is 528 g/mol. The quantitative estimate of drug-likeness (QED) is 0.429. The van der Waals surface area contributed by atoms with Gasteiger partial charge >= 0.3 is 5.69 Å². The van der Waals surface area contributed by atoms with Crippen molar-refractivity contribution in [3.05, 3.63) is 57.6 Å². The largest absolute Gasteiger partial charge is 0.485 e. The molecule has 1 saturated heterocycles. The number of hydrogen-bond donors (Lipinski definition) is 1. The first-order chi connectivity index (χ1) is 17.6. The topological polar surface area (TPSA) is 83.7 Å². The molecule has 3 aromatic rings. The lowest BCUT2D eigenvalue weighted by Crippen LogP contribution is -2.59. The summed E-state index contributed by atoms with van der Waals surface area (Å²) in [5, 5.41) is 9.89. The first-order valence-corrected chi connectivity index (χ1v) is 13.4. The standard InChI is InChI=1S/C28H38ClN5O3/c1-7-20-16-34(26-25-23(13-14-24(29)30-25)32(6)27(36)31-26)21(8-2)15-33(20)18(3)19-9-11-22(12-10-19)37-28(4,5)17-35/h9-14,18,20-21,35H,7-8,15-17H2,1-6H3/t18?,20-,21+/m1/s1. The van der Waals surface area contributed by atoms with Crippen LogP contribution in [-0.4, -0.2) is 61.9 Å². The number of anilines is 1. The van der Waals surface area contributed by atoms with Crippen molar-refractivity contribution in [1.82, 2.24) is 19.4 Å². The summed E-state index contributed by atoms with van der Waals surface area (Å²) in [6, 6.07) is 12.3. The van der Waals surface area contributed by atoms with Crippen molar-refractivity contribution in [3.8, 4) is 5.75 Å². The number of ether oxygens (including phenoxy) is 1. The Labute approximate surface area is 223 Å². The Bertz CT molecular complexity index is 1290. The summed E-state index contributed by atoms with van der Waals surface area (Å²) in [4.78, 5) is 26.6. The van der Waals surface area contributed by atoms with Gasteiger partial charge in [-0.1, -0.05) is 37.6 Å². The molecule has 37 heavy (non-hydrogen) atoms. The molecule has 0 aliphatic carbocycles. The summed E-state index contributed by atoms with van der Waals surface area (Å²) in [6.07, 6.45) is 1.86. The Hall–Kier alpha value is -2.68. The van der Waals surface area contributed by atoms with E-state index in [1.54, 1.807) is 13.1 Å². The minimum atomic E-state index is -0.624. The minimum Gasteiger partial charge on any atom is -0.485 e. The van der Waals surface area contributed by atoms with Gasteiger partial charge in [0, 0.05) is 38.3 Å². The van der Waals surface area contributed by atoms with Crippen LogP contribution in [0.3, 0.4) is 0 Å². The lowest BCUT2D eigenvalue weighted by molar-refractivity contribution is 0.0412. The summed E-state index contributed by atoms with van der Waals surface area (Å²) in [6.45, 7) is 11.9. The molecule has 1 unspecified atom stereocenters. The van der Waals surface area contributed by atoms with E-state index in [1.165, 1.54) is 10.1 Å². The predicted octanol–water partition coefficient (Wildman–Crippen LogP) is 4.57. The van der Waals surface area contributed by atoms with E-state index in [9.17, 15) is 9.90 Å². The van der Waals surface area contributed by atoms with Crippen molar-refractivity contribution < 1.29 is 9.84 Å². The van der Waals surface area contributed by atoms with E-state index in [-0.39, 0.29) is 30.4 Å². The lowest BCUT2D eigenvalue weighted by atomic mass is 9.97. The van der Waals surface area contributed by atoms with Crippen LogP contribution in [0.25, 0.3) is 11.0 Å². The molecule has 1 fully saturated rings. The number of hydrogen-bond acceptors (Lipinski definition) is 7. The second-order valence-electron chi connectivity index (χ2n) is 10.5. The summed E-state index contributed by atoms with van der Waals surface area (Å²) in [7, 11) is 1.71. The maximum Gasteiger partial charge on any atom is 0.349 e. The maximum absolute atomic E-state index is 12.7. The molecule has 4 rings (SSSR count). The van der Waals surface area contributed by atoms with Crippen molar-refractivity contribution in [1.29, 1.82) is 0 Å². The van der Waals surface area contributed by atoms with E-state index in [0.29, 0.717) is 16.5 Å². The Kier molecular flexibility index (Phi) is 8.11. The molecule has 1 aliphatic heterocycles. The molecule has 1 aromatic carbocycles. The van der Waals surface area contributed by atoms with Crippen molar-refractivity contribution in [2.24, 2.45) is 7.05 Å². The van der Waals surface area contributed by atoms with E-state index in [1.807, 2.05) is 32.0 Å². The molecule has 0 bridgehead atoms. The van der Waals surface area contributed by atoms with Crippen LogP contribution in [0.15, 0.2) is 41.2 Å². The van der Waals surface area contributed by atoms with Gasteiger partial charge in [-0.25, -0.2) is 9.78 Å². The zero-order valence-corrected chi connectivity index (χ0v) is 23.4. The number of aromatic nitrogens is 3. The number of pyridine rings is 1. The van der Waals surface area contributed by atoms with E-state index < -0.39 is 5.60 Å². The van der Waals surface area contributed by atoms with E-state index in [2.05, 4.69) is 52.7 Å². The number of aliphatic hydroxyl groups excluding tert-OH is 1. The highest BCUT2D eigenvalue weighted by Crippen LogP contribution is 2.34. The van der Waals surface area contributed by atoms with Crippen LogP contribution in [-0.2, 0) is 7.05 Å². The van der Waals surface area contributed by atoms with Crippen molar-refractivity contribution >= 4 is 28.5 Å². The fourth-order valence-corrected chi connectivity index (χ4v) is 5.31. The molecule has 1 aliphatic rings. The lowest BCUT2D eigenvalue weighted by Gasteiger charge is -2.49. The SMILES string of the molecule is CC[C@H]1CN(C(C)c2ccc(OC(C)(C)CO)cc2)[C@H](CC)CN1c1nc(=O)n(C)c2ccc(Cl)nc12. The maximum atomic E-state index is 12.7. The molecule has 3 atom stereocenters. The van der Waals surface area contributed by atoms with Gasteiger partial charge in [-0.3, -0.25) is 9.47 Å². The monoisotopic (exact) mass is 527 g/mol. The van der Waals surface area contributed by atoms with Crippen LogP contribution in [0.1, 0.15) is 59.1 Å². The Morgan fingerprint density at radius 3 is 2.38 bits per heavy atom. The molecular formula is C28H38ClN5O3. The Morgan fingerprint density at radius 1 is 1.08 bits per heavy atom. The summed E-state index contributed by atoms with van der Waals surface area (Å²) in [5.74, 6) is 1.36. The van der Waals surface area contributed by atoms with Crippen LogP contribution in [0, 0.1) is 0 Å². The highest BCUT2D eigenvalue weighted by Gasteiger charge is 2.36. The van der Waals surface area contributed by atoms with Crippen molar-refractivity contribution in [3.63, 3.8) is 0 Å². The zero-order chi connectivity index (χ0) is 26.9. The molecule has 1 N–H and O–H groups in total. The molecule has 8 nitrogen and oxygen atoms in total. The van der Waals surface area contributed by atoms with Crippen LogP contribution in [0.5, 0.6) is 5.75 Å². The molecular weight excluding hydrogens is 490 g/mol. The number of aryl methyl sites for hydroxylation is 1. The van der Waals surface area contributed by atoms with Crippen LogP contribution >= 0.6 is 11.6 Å². The van der Waals surface area contributed by atoms with E-state index >= 15 is 0 Å². The highest BCUT2D eigenvalue weighted by molar-refractivity contribution is 6.29. The zero-order valence-electron chi connectivity index (χ0n) is 22.6. The van der Waals surface area contributed by atoms with E-state index in [4.69, 9.17) is 16.3 Å². The summed E-state index contributed by atoms with van der Waals surface area (Å²) >= 11 is 6.26. The second kappa shape index (κ2) is 11.0. The van der Waals surface area contributed by atoms with Gasteiger partial charge in [-0.05, 0) is 63.4 Å². The number of fused-ring (bicyclic) bond motifs is 1. The van der Waals surface area contributed by atoms with Crippen molar-refractivity contribution in [2.45, 2.75) is 71.2 Å². The fourth-order valence-electron chi connectivity index (χ4n) is 5.16. The Balaban J connectivity index is 1.63. The van der Waals surface area contributed by atoms with Crippen LogP contribution in [0.4, 0.5) is 5.82 Å². The number of halogens is 1. The van der Waals surface area contributed by atoms with Gasteiger partial charge < -0.3 is 14.7 Å². The number of aliphatic hydroxyl groups is 1. The molecule has 3 heterocycles. The molecule has 0 saturated carbocycles. The highest BCUT2D eigenvalue weighted by atomic mass is 35.5. The summed E-state index contributed by atoms with van der Waals surface area (Å²) < 4.78 is 7.43. The van der Waals surface area contributed by atoms with Crippen molar-refractivity contribution in [2.75, 3.05) is 24.6 Å². The molecule has 0 spiro atoms. The van der Waals surface area contributed by atoms with Crippen LogP contribution < -0.4 is 15.3 Å². The normalized spacial score (nSPS) is 19.8. The minimum absolute atomic E-state index is 0.0502. The van der Waals surface area contributed by atoms with Gasteiger partial charge in [0.2, 0.25) is 0 Å². The van der Waals surface area contributed by atoms with Gasteiger partial charge in [0.05, 0.1) is 12.1 Å². The first kappa shape index (κ1) is 27.4. The number of rotatable bonds is 8. The average Bonchev–Trinajstić information content (AvgIpc) is 2.89. The molecule has 2 aromatic heterocycles. The van der Waals surface area contributed by atoms with Gasteiger partial charge in [-0.15, -0.1) is 0 Å². The second-order valence-corrected chi connectivity index (χ2v) is 10.9. The van der Waals surface area contributed by atoms with Gasteiger partial charge in [-0.2, -0.15) is 4.98 Å². The molecule has 200 valence electrons. The number of nitrogens with zero attached hydrogens (tertiary/aromatic N) is 5.